The zero-order valence-electron chi connectivity index (χ0n) is 14.8. The molecule has 9 heteroatoms. The van der Waals surface area contributed by atoms with Crippen molar-refractivity contribution in [1.82, 2.24) is 28.9 Å². The van der Waals surface area contributed by atoms with Crippen molar-refractivity contribution in [3.63, 3.8) is 0 Å². The van der Waals surface area contributed by atoms with Crippen molar-refractivity contribution in [3.8, 4) is 5.82 Å². The van der Waals surface area contributed by atoms with Crippen LogP contribution in [0.25, 0.3) is 22.4 Å². The van der Waals surface area contributed by atoms with Crippen LogP contribution >= 0.6 is 11.6 Å². The van der Waals surface area contributed by atoms with Gasteiger partial charge in [-0.2, -0.15) is 4.68 Å². The Hall–Kier alpha value is -2.71. The molecule has 1 aliphatic heterocycles. The first-order chi connectivity index (χ1) is 13.1. The van der Waals surface area contributed by atoms with Gasteiger partial charge < -0.3 is 4.74 Å². The van der Waals surface area contributed by atoms with Crippen molar-refractivity contribution in [3.05, 3.63) is 51.8 Å². The first-order valence-electron chi connectivity index (χ1n) is 8.74. The van der Waals surface area contributed by atoms with Gasteiger partial charge in [-0.25, -0.2) is 4.98 Å². The molecule has 0 N–H and O–H groups in total. The van der Waals surface area contributed by atoms with E-state index < -0.39 is 0 Å². The number of hydrogen-bond donors (Lipinski definition) is 0. The number of fused-ring (bicyclic) bond motifs is 3. The Balaban J connectivity index is 1.81. The summed E-state index contributed by atoms with van der Waals surface area (Å²) in [6, 6.07) is 5.39. The molecule has 1 aliphatic rings. The van der Waals surface area contributed by atoms with E-state index in [4.69, 9.17) is 16.3 Å². The van der Waals surface area contributed by atoms with Gasteiger partial charge in [-0.15, -0.1) is 5.10 Å². The largest absolute Gasteiger partial charge is 0.378 e. The Morgan fingerprint density at radius 1 is 1.33 bits per heavy atom. The van der Waals surface area contributed by atoms with Crippen LogP contribution < -0.4 is 5.56 Å². The van der Waals surface area contributed by atoms with E-state index in [2.05, 4.69) is 15.3 Å². The summed E-state index contributed by atoms with van der Waals surface area (Å²) in [6.07, 6.45) is 4.41. The standard InChI is InChI=1S/C18H17ClN6O2/c1-10-11(6-7-27-10)14-8-21-22-25(14)16-17-23(2)18(26)15-12(19)4-3-5-13(15)24(17)9-20-16/h3-5,8-11H,6-7H2,1-2H3. The number of ether oxygens (including phenoxy) is 1. The molecule has 0 radical (unpaired) electrons. The lowest BCUT2D eigenvalue weighted by Gasteiger charge is -2.15. The van der Waals surface area contributed by atoms with Crippen molar-refractivity contribution in [2.75, 3.05) is 6.61 Å². The minimum Gasteiger partial charge on any atom is -0.378 e. The molecule has 0 bridgehead atoms. The topological polar surface area (TPSA) is 79.2 Å². The summed E-state index contributed by atoms with van der Waals surface area (Å²) < 4.78 is 10.8. The number of benzene rings is 1. The van der Waals surface area contributed by atoms with Crippen molar-refractivity contribution >= 4 is 28.2 Å². The highest BCUT2D eigenvalue weighted by Crippen LogP contribution is 2.32. The molecule has 8 nitrogen and oxygen atoms in total. The third-order valence-electron chi connectivity index (χ3n) is 5.34. The molecule has 138 valence electrons. The van der Waals surface area contributed by atoms with E-state index in [0.717, 1.165) is 12.1 Å². The third kappa shape index (κ3) is 2.26. The SMILES string of the molecule is CC1OCCC1c1cnnn1-c1ncn2c3cccc(Cl)c3c(=O)n(C)c12. The highest BCUT2D eigenvalue weighted by molar-refractivity contribution is 6.35. The van der Waals surface area contributed by atoms with Gasteiger partial charge in [-0.3, -0.25) is 13.8 Å². The summed E-state index contributed by atoms with van der Waals surface area (Å²) in [5.74, 6) is 0.742. The Bertz CT molecular complexity index is 1240. The number of halogens is 1. The Kier molecular flexibility index (Phi) is 3.60. The van der Waals surface area contributed by atoms with E-state index >= 15 is 0 Å². The highest BCUT2D eigenvalue weighted by Gasteiger charge is 2.30. The zero-order valence-corrected chi connectivity index (χ0v) is 15.6. The number of imidazole rings is 1. The van der Waals surface area contributed by atoms with E-state index in [1.807, 2.05) is 23.5 Å². The molecule has 1 fully saturated rings. The number of aromatic nitrogens is 6. The van der Waals surface area contributed by atoms with Crippen molar-refractivity contribution in [1.29, 1.82) is 0 Å². The van der Waals surface area contributed by atoms with E-state index in [0.29, 0.717) is 34.0 Å². The monoisotopic (exact) mass is 384 g/mol. The van der Waals surface area contributed by atoms with E-state index in [-0.39, 0.29) is 17.6 Å². The van der Waals surface area contributed by atoms with Crippen LogP contribution in [0.5, 0.6) is 0 Å². The predicted octanol–water partition coefficient (Wildman–Crippen LogP) is 2.31. The second-order valence-electron chi connectivity index (χ2n) is 6.80. The first kappa shape index (κ1) is 16.5. The fraction of sp³-hybridized carbons (Fsp3) is 0.333. The second kappa shape index (κ2) is 5.90. The fourth-order valence-corrected chi connectivity index (χ4v) is 4.19. The van der Waals surface area contributed by atoms with Crippen LogP contribution in [0.15, 0.2) is 35.5 Å². The van der Waals surface area contributed by atoms with Gasteiger partial charge in [-0.05, 0) is 25.5 Å². The van der Waals surface area contributed by atoms with Gasteiger partial charge in [0.05, 0.1) is 33.9 Å². The van der Waals surface area contributed by atoms with Crippen LogP contribution in [0.2, 0.25) is 5.02 Å². The summed E-state index contributed by atoms with van der Waals surface area (Å²) in [5.41, 5.74) is 2.09. The van der Waals surface area contributed by atoms with E-state index in [1.54, 1.807) is 34.9 Å². The summed E-state index contributed by atoms with van der Waals surface area (Å²) in [6.45, 7) is 2.76. The number of rotatable bonds is 2. The van der Waals surface area contributed by atoms with Gasteiger partial charge >= 0.3 is 0 Å². The molecule has 2 atom stereocenters. The third-order valence-corrected chi connectivity index (χ3v) is 5.66. The summed E-state index contributed by atoms with van der Waals surface area (Å²) in [7, 11) is 1.71. The smallest absolute Gasteiger partial charge is 0.262 e. The lowest BCUT2D eigenvalue weighted by Crippen LogP contribution is -2.21. The lowest BCUT2D eigenvalue weighted by molar-refractivity contribution is 0.117. The molecule has 0 spiro atoms. The molecule has 1 saturated heterocycles. The maximum atomic E-state index is 12.9. The van der Waals surface area contributed by atoms with E-state index in [9.17, 15) is 4.79 Å². The quantitative estimate of drug-likeness (QED) is 0.530. The van der Waals surface area contributed by atoms with Crippen LogP contribution in [0.3, 0.4) is 0 Å². The van der Waals surface area contributed by atoms with Crippen LogP contribution in [-0.4, -0.2) is 41.7 Å². The molecule has 2 unspecified atom stereocenters. The maximum Gasteiger partial charge on any atom is 0.262 e. The van der Waals surface area contributed by atoms with Gasteiger partial charge in [-0.1, -0.05) is 22.9 Å². The van der Waals surface area contributed by atoms with Crippen LogP contribution in [0.4, 0.5) is 0 Å². The number of hydrogen-bond acceptors (Lipinski definition) is 5. The summed E-state index contributed by atoms with van der Waals surface area (Å²) in [4.78, 5) is 17.5. The maximum absolute atomic E-state index is 12.9. The number of aryl methyl sites for hydroxylation is 1. The average Bonchev–Trinajstić information content (AvgIpc) is 3.37. The van der Waals surface area contributed by atoms with Gasteiger partial charge in [0.2, 0.25) is 0 Å². The summed E-state index contributed by atoms with van der Waals surface area (Å²) >= 11 is 6.28. The zero-order chi connectivity index (χ0) is 18.7. The van der Waals surface area contributed by atoms with Gasteiger partial charge in [0, 0.05) is 19.6 Å². The fourth-order valence-electron chi connectivity index (χ4n) is 3.94. The predicted molar refractivity (Wildman–Crippen MR) is 101 cm³/mol. The molecular formula is C18H17ClN6O2. The molecule has 4 aromatic rings. The average molecular weight is 385 g/mol. The molecule has 0 saturated carbocycles. The Morgan fingerprint density at radius 3 is 2.96 bits per heavy atom. The first-order valence-corrected chi connectivity index (χ1v) is 9.12. The molecule has 4 heterocycles. The molecule has 3 aromatic heterocycles. The molecule has 27 heavy (non-hydrogen) atoms. The molecule has 1 aromatic carbocycles. The van der Waals surface area contributed by atoms with Crippen LogP contribution in [0, 0.1) is 0 Å². The minimum absolute atomic E-state index is 0.0829. The normalized spacial score (nSPS) is 20.1. The van der Waals surface area contributed by atoms with E-state index in [1.165, 1.54) is 0 Å². The highest BCUT2D eigenvalue weighted by atomic mass is 35.5. The van der Waals surface area contributed by atoms with Crippen LogP contribution in [0.1, 0.15) is 25.0 Å². The summed E-state index contributed by atoms with van der Waals surface area (Å²) in [5, 5.41) is 9.23. The van der Waals surface area contributed by atoms with Gasteiger partial charge in [0.25, 0.3) is 5.56 Å². The molecule has 5 rings (SSSR count). The molecule has 0 amide bonds. The van der Waals surface area contributed by atoms with Crippen molar-refractivity contribution < 1.29 is 4.74 Å². The van der Waals surface area contributed by atoms with Crippen molar-refractivity contribution in [2.24, 2.45) is 7.05 Å². The van der Waals surface area contributed by atoms with Gasteiger partial charge in [0.1, 0.15) is 6.33 Å². The van der Waals surface area contributed by atoms with Crippen LogP contribution in [-0.2, 0) is 11.8 Å². The van der Waals surface area contributed by atoms with Gasteiger partial charge in [0.15, 0.2) is 11.5 Å². The molecule has 0 aliphatic carbocycles. The Morgan fingerprint density at radius 2 is 2.19 bits per heavy atom. The second-order valence-corrected chi connectivity index (χ2v) is 7.21. The molecular weight excluding hydrogens is 368 g/mol. The minimum atomic E-state index is -0.177. The van der Waals surface area contributed by atoms with Crippen molar-refractivity contribution in [2.45, 2.75) is 25.4 Å². The lowest BCUT2D eigenvalue weighted by atomic mass is 9.99. The Labute approximate surface area is 158 Å². The number of nitrogens with zero attached hydrogens (tertiary/aromatic N) is 6.